The molecule has 3 heteroatoms. The van der Waals surface area contributed by atoms with Gasteiger partial charge >= 0.3 is 0 Å². The summed E-state index contributed by atoms with van der Waals surface area (Å²) in [6.45, 7) is 1.68. The SMILES string of the molecule is COCc1ccccc1CNC1(CO)CC1. The van der Waals surface area contributed by atoms with E-state index in [0.717, 1.165) is 19.4 Å². The average molecular weight is 221 g/mol. The molecule has 3 nitrogen and oxygen atoms in total. The van der Waals surface area contributed by atoms with E-state index in [4.69, 9.17) is 4.74 Å². The van der Waals surface area contributed by atoms with Gasteiger partial charge in [0.25, 0.3) is 0 Å². The Hall–Kier alpha value is -0.900. The van der Waals surface area contributed by atoms with Crippen molar-refractivity contribution in [3.63, 3.8) is 0 Å². The van der Waals surface area contributed by atoms with Gasteiger partial charge in [-0.2, -0.15) is 0 Å². The van der Waals surface area contributed by atoms with Crippen LogP contribution in [0.4, 0.5) is 0 Å². The number of nitrogens with one attached hydrogen (secondary N) is 1. The Bertz CT molecular complexity index is 348. The molecule has 1 aromatic rings. The molecule has 0 aliphatic heterocycles. The predicted octanol–water partition coefficient (Wildman–Crippen LogP) is 1.45. The van der Waals surface area contributed by atoms with Crippen LogP contribution in [0, 0.1) is 0 Å². The van der Waals surface area contributed by atoms with E-state index >= 15 is 0 Å². The average Bonchev–Trinajstić information content (AvgIpc) is 3.09. The van der Waals surface area contributed by atoms with Crippen molar-refractivity contribution in [3.05, 3.63) is 35.4 Å². The quantitative estimate of drug-likeness (QED) is 0.764. The van der Waals surface area contributed by atoms with Gasteiger partial charge in [-0.05, 0) is 24.0 Å². The van der Waals surface area contributed by atoms with Gasteiger partial charge in [0.2, 0.25) is 0 Å². The van der Waals surface area contributed by atoms with Crippen molar-refractivity contribution < 1.29 is 9.84 Å². The lowest BCUT2D eigenvalue weighted by molar-refractivity contribution is 0.183. The lowest BCUT2D eigenvalue weighted by Gasteiger charge is -2.16. The van der Waals surface area contributed by atoms with Crippen LogP contribution in [-0.2, 0) is 17.9 Å². The number of aliphatic hydroxyl groups is 1. The molecule has 88 valence electrons. The molecule has 0 amide bonds. The standard InChI is InChI=1S/C13H19NO2/c1-16-9-12-5-3-2-4-11(12)8-14-13(10-15)6-7-13/h2-5,14-15H,6-10H2,1H3. The Morgan fingerprint density at radius 1 is 1.31 bits per heavy atom. The topological polar surface area (TPSA) is 41.5 Å². The summed E-state index contributed by atoms with van der Waals surface area (Å²) in [5.74, 6) is 0. The van der Waals surface area contributed by atoms with E-state index in [1.807, 2.05) is 12.1 Å². The highest BCUT2D eigenvalue weighted by molar-refractivity contribution is 5.26. The molecule has 0 aromatic heterocycles. The maximum atomic E-state index is 9.22. The number of hydrogen-bond donors (Lipinski definition) is 2. The van der Waals surface area contributed by atoms with Gasteiger partial charge in [-0.15, -0.1) is 0 Å². The van der Waals surface area contributed by atoms with Crippen LogP contribution >= 0.6 is 0 Å². The number of benzene rings is 1. The Morgan fingerprint density at radius 2 is 2.00 bits per heavy atom. The second-order valence-corrected chi connectivity index (χ2v) is 4.49. The van der Waals surface area contributed by atoms with Gasteiger partial charge in [-0.3, -0.25) is 0 Å². The number of ether oxygens (including phenoxy) is 1. The van der Waals surface area contributed by atoms with Crippen LogP contribution in [0.1, 0.15) is 24.0 Å². The summed E-state index contributed by atoms with van der Waals surface area (Å²) in [5, 5.41) is 12.6. The number of hydrogen-bond acceptors (Lipinski definition) is 3. The molecule has 16 heavy (non-hydrogen) atoms. The summed E-state index contributed by atoms with van der Waals surface area (Å²) < 4.78 is 5.17. The molecular formula is C13H19NO2. The fourth-order valence-electron chi connectivity index (χ4n) is 1.85. The molecule has 0 atom stereocenters. The molecule has 0 unspecified atom stereocenters. The van der Waals surface area contributed by atoms with Crippen LogP contribution < -0.4 is 5.32 Å². The van der Waals surface area contributed by atoms with Crippen molar-refractivity contribution in [2.45, 2.75) is 31.5 Å². The fourth-order valence-corrected chi connectivity index (χ4v) is 1.85. The van der Waals surface area contributed by atoms with Crippen molar-refractivity contribution in [2.24, 2.45) is 0 Å². The first-order valence-electron chi connectivity index (χ1n) is 5.71. The van der Waals surface area contributed by atoms with E-state index in [9.17, 15) is 5.11 Å². The molecule has 1 aliphatic carbocycles. The van der Waals surface area contributed by atoms with E-state index < -0.39 is 0 Å². The van der Waals surface area contributed by atoms with E-state index in [1.54, 1.807) is 7.11 Å². The minimum atomic E-state index is 0.000182. The monoisotopic (exact) mass is 221 g/mol. The maximum absolute atomic E-state index is 9.22. The van der Waals surface area contributed by atoms with Crippen molar-refractivity contribution >= 4 is 0 Å². The summed E-state index contributed by atoms with van der Waals surface area (Å²) in [6.07, 6.45) is 2.16. The number of aliphatic hydroxyl groups excluding tert-OH is 1. The summed E-state index contributed by atoms with van der Waals surface area (Å²) in [4.78, 5) is 0. The lowest BCUT2D eigenvalue weighted by atomic mass is 10.1. The number of rotatable bonds is 6. The van der Waals surface area contributed by atoms with Gasteiger partial charge in [-0.1, -0.05) is 24.3 Å². The Balaban J connectivity index is 1.97. The van der Waals surface area contributed by atoms with Crippen LogP contribution in [0.5, 0.6) is 0 Å². The molecule has 0 saturated heterocycles. The molecule has 0 heterocycles. The normalized spacial score (nSPS) is 17.4. The zero-order valence-electron chi connectivity index (χ0n) is 9.70. The predicted molar refractivity (Wildman–Crippen MR) is 63.0 cm³/mol. The van der Waals surface area contributed by atoms with E-state index in [2.05, 4.69) is 17.4 Å². The number of methoxy groups -OCH3 is 1. The highest BCUT2D eigenvalue weighted by Crippen LogP contribution is 2.34. The summed E-state index contributed by atoms with van der Waals surface area (Å²) in [5.41, 5.74) is 2.47. The van der Waals surface area contributed by atoms with E-state index in [-0.39, 0.29) is 12.1 Å². The third kappa shape index (κ3) is 2.61. The van der Waals surface area contributed by atoms with Crippen LogP contribution in [-0.4, -0.2) is 24.4 Å². The molecule has 0 radical (unpaired) electrons. The van der Waals surface area contributed by atoms with Gasteiger partial charge in [0.1, 0.15) is 0 Å². The zero-order valence-corrected chi connectivity index (χ0v) is 9.70. The summed E-state index contributed by atoms with van der Waals surface area (Å²) in [7, 11) is 1.71. The van der Waals surface area contributed by atoms with Gasteiger partial charge in [-0.25, -0.2) is 0 Å². The fraction of sp³-hybridized carbons (Fsp3) is 0.538. The summed E-state index contributed by atoms with van der Waals surface area (Å²) >= 11 is 0. The highest BCUT2D eigenvalue weighted by atomic mass is 16.5. The van der Waals surface area contributed by atoms with Crippen LogP contribution in [0.3, 0.4) is 0 Å². The van der Waals surface area contributed by atoms with Gasteiger partial charge < -0.3 is 15.2 Å². The molecule has 0 bridgehead atoms. The molecule has 2 rings (SSSR count). The van der Waals surface area contributed by atoms with Crippen LogP contribution in [0.2, 0.25) is 0 Å². The molecule has 1 fully saturated rings. The van der Waals surface area contributed by atoms with Gasteiger partial charge in [0.15, 0.2) is 0 Å². The maximum Gasteiger partial charge on any atom is 0.0716 e. The Kier molecular flexibility index (Phi) is 3.59. The van der Waals surface area contributed by atoms with E-state index in [0.29, 0.717) is 6.61 Å². The van der Waals surface area contributed by atoms with Gasteiger partial charge in [0, 0.05) is 19.2 Å². The second-order valence-electron chi connectivity index (χ2n) is 4.49. The first-order chi connectivity index (χ1) is 7.79. The van der Waals surface area contributed by atoms with Crippen molar-refractivity contribution in [1.29, 1.82) is 0 Å². The molecule has 2 N–H and O–H groups in total. The molecule has 1 aromatic carbocycles. The summed E-state index contributed by atoms with van der Waals surface area (Å²) in [6, 6.07) is 8.25. The third-order valence-electron chi connectivity index (χ3n) is 3.23. The molecular weight excluding hydrogens is 202 g/mol. The van der Waals surface area contributed by atoms with Crippen molar-refractivity contribution in [2.75, 3.05) is 13.7 Å². The highest BCUT2D eigenvalue weighted by Gasteiger charge is 2.41. The first kappa shape index (κ1) is 11.6. The van der Waals surface area contributed by atoms with Gasteiger partial charge in [0.05, 0.1) is 13.2 Å². The minimum absolute atomic E-state index is 0.000182. The molecule has 1 saturated carbocycles. The molecule has 1 aliphatic rings. The minimum Gasteiger partial charge on any atom is -0.394 e. The zero-order chi connectivity index (χ0) is 11.4. The Morgan fingerprint density at radius 3 is 2.56 bits per heavy atom. The largest absolute Gasteiger partial charge is 0.394 e. The van der Waals surface area contributed by atoms with Crippen LogP contribution in [0.25, 0.3) is 0 Å². The van der Waals surface area contributed by atoms with Crippen LogP contribution in [0.15, 0.2) is 24.3 Å². The Labute approximate surface area is 96.4 Å². The van der Waals surface area contributed by atoms with E-state index in [1.165, 1.54) is 11.1 Å². The smallest absolute Gasteiger partial charge is 0.0716 e. The van der Waals surface area contributed by atoms with Crippen molar-refractivity contribution in [3.8, 4) is 0 Å². The first-order valence-corrected chi connectivity index (χ1v) is 5.71. The third-order valence-corrected chi connectivity index (χ3v) is 3.23. The lowest BCUT2D eigenvalue weighted by Crippen LogP contribution is -2.34. The molecule has 0 spiro atoms. The van der Waals surface area contributed by atoms with Crippen molar-refractivity contribution in [1.82, 2.24) is 5.32 Å². The second kappa shape index (κ2) is 4.95.